The van der Waals surface area contributed by atoms with E-state index in [0.717, 1.165) is 11.1 Å². The largest absolute Gasteiger partial charge is 0.497 e. The Balaban J connectivity index is 1.69. The van der Waals surface area contributed by atoms with Crippen LogP contribution in [-0.2, 0) is 4.79 Å². The molecule has 0 aliphatic carbocycles. The van der Waals surface area contributed by atoms with Crippen molar-refractivity contribution in [2.75, 3.05) is 17.7 Å². The van der Waals surface area contributed by atoms with E-state index in [1.807, 2.05) is 13.0 Å². The molecule has 0 saturated heterocycles. The molecule has 3 aromatic rings. The molecule has 0 aliphatic rings. The van der Waals surface area contributed by atoms with Crippen molar-refractivity contribution in [2.24, 2.45) is 0 Å². The highest BCUT2D eigenvalue weighted by Crippen LogP contribution is 2.20. The molecule has 0 fully saturated rings. The number of ether oxygens (including phenoxy) is 1. The van der Waals surface area contributed by atoms with Crippen molar-refractivity contribution in [1.82, 2.24) is 4.98 Å². The molecule has 3 rings (SSSR count). The molecule has 1 aromatic heterocycles. The smallest absolute Gasteiger partial charge is 0.255 e. The molecule has 29 heavy (non-hydrogen) atoms. The minimum atomic E-state index is -0.287. The Labute approximate surface area is 169 Å². The average Bonchev–Trinajstić information content (AvgIpc) is 2.75. The zero-order valence-electron chi connectivity index (χ0n) is 16.2. The van der Waals surface area contributed by atoms with Gasteiger partial charge in [0.15, 0.2) is 0 Å². The van der Waals surface area contributed by atoms with E-state index < -0.39 is 0 Å². The molecule has 0 bridgehead atoms. The number of rotatable bonds is 6. The van der Waals surface area contributed by atoms with Crippen LogP contribution in [0.4, 0.5) is 11.4 Å². The van der Waals surface area contributed by atoms with Gasteiger partial charge in [0, 0.05) is 35.4 Å². The van der Waals surface area contributed by atoms with Crippen LogP contribution in [0.1, 0.15) is 21.5 Å². The number of anilines is 2. The third-order valence-corrected chi connectivity index (χ3v) is 4.22. The van der Waals surface area contributed by atoms with Crippen LogP contribution in [0, 0.1) is 6.92 Å². The molecule has 146 valence electrons. The molecule has 1 heterocycles. The van der Waals surface area contributed by atoms with E-state index in [4.69, 9.17) is 4.74 Å². The summed E-state index contributed by atoms with van der Waals surface area (Å²) in [6.45, 7) is 1.87. The Hall–Kier alpha value is -3.93. The minimum Gasteiger partial charge on any atom is -0.497 e. The summed E-state index contributed by atoms with van der Waals surface area (Å²) in [5.41, 5.74) is 3.36. The standard InChI is InChI=1S/C23H21N3O3/c1-16-5-7-18(23(28)25-19-8-10-20(29-2)11-9-19)14-21(16)26-22(27)12-6-17-4-3-13-24-15-17/h3-15H,1-2H3,(H,25,28)(H,26,27). The first-order valence-electron chi connectivity index (χ1n) is 9.00. The lowest BCUT2D eigenvalue weighted by molar-refractivity contribution is -0.111. The van der Waals surface area contributed by atoms with Crippen LogP contribution in [0.5, 0.6) is 5.75 Å². The second-order valence-electron chi connectivity index (χ2n) is 6.32. The monoisotopic (exact) mass is 387 g/mol. The van der Waals surface area contributed by atoms with E-state index in [-0.39, 0.29) is 11.8 Å². The maximum atomic E-state index is 12.6. The van der Waals surface area contributed by atoms with Gasteiger partial charge >= 0.3 is 0 Å². The third kappa shape index (κ3) is 5.52. The van der Waals surface area contributed by atoms with E-state index in [1.54, 1.807) is 74.1 Å². The SMILES string of the molecule is COc1ccc(NC(=O)c2ccc(C)c(NC(=O)C=Cc3cccnc3)c2)cc1. The maximum Gasteiger partial charge on any atom is 0.255 e. The van der Waals surface area contributed by atoms with Gasteiger partial charge in [0.2, 0.25) is 5.91 Å². The van der Waals surface area contributed by atoms with Gasteiger partial charge in [-0.15, -0.1) is 0 Å². The summed E-state index contributed by atoms with van der Waals surface area (Å²) < 4.78 is 5.11. The van der Waals surface area contributed by atoms with Crippen LogP contribution in [0.3, 0.4) is 0 Å². The van der Waals surface area contributed by atoms with Crippen molar-refractivity contribution in [3.63, 3.8) is 0 Å². The number of aromatic nitrogens is 1. The molecule has 0 radical (unpaired) electrons. The predicted molar refractivity (Wildman–Crippen MR) is 114 cm³/mol. The Morgan fingerprint density at radius 2 is 1.83 bits per heavy atom. The number of carbonyl (C=O) groups excluding carboxylic acids is 2. The van der Waals surface area contributed by atoms with Crippen molar-refractivity contribution >= 4 is 29.3 Å². The van der Waals surface area contributed by atoms with Gasteiger partial charge in [-0.3, -0.25) is 14.6 Å². The van der Waals surface area contributed by atoms with Crippen molar-refractivity contribution in [3.8, 4) is 5.75 Å². The van der Waals surface area contributed by atoms with Gasteiger partial charge < -0.3 is 15.4 Å². The number of aryl methyl sites for hydroxylation is 1. The predicted octanol–water partition coefficient (Wildman–Crippen LogP) is 4.30. The molecule has 0 unspecified atom stereocenters. The highest BCUT2D eigenvalue weighted by molar-refractivity contribution is 6.07. The van der Waals surface area contributed by atoms with Crippen molar-refractivity contribution in [1.29, 1.82) is 0 Å². The zero-order chi connectivity index (χ0) is 20.6. The molecule has 0 spiro atoms. The summed E-state index contributed by atoms with van der Waals surface area (Å²) in [6, 6.07) is 15.9. The van der Waals surface area contributed by atoms with Crippen LogP contribution in [0.2, 0.25) is 0 Å². The van der Waals surface area contributed by atoms with Crippen molar-refractivity contribution in [3.05, 3.63) is 89.8 Å². The van der Waals surface area contributed by atoms with Crippen molar-refractivity contribution < 1.29 is 14.3 Å². The van der Waals surface area contributed by atoms with Gasteiger partial charge in [0.05, 0.1) is 7.11 Å². The fourth-order valence-corrected chi connectivity index (χ4v) is 2.60. The Kier molecular flexibility index (Phi) is 6.37. The molecule has 0 aliphatic heterocycles. The Morgan fingerprint density at radius 1 is 1.03 bits per heavy atom. The van der Waals surface area contributed by atoms with Gasteiger partial charge in [0.1, 0.15) is 5.75 Å². The molecule has 2 amide bonds. The first-order chi connectivity index (χ1) is 14.0. The summed E-state index contributed by atoms with van der Waals surface area (Å²) in [6.07, 6.45) is 6.45. The van der Waals surface area contributed by atoms with Crippen molar-refractivity contribution in [2.45, 2.75) is 6.92 Å². The van der Waals surface area contributed by atoms with E-state index in [0.29, 0.717) is 22.7 Å². The molecular weight excluding hydrogens is 366 g/mol. The normalized spacial score (nSPS) is 10.6. The number of hydrogen-bond donors (Lipinski definition) is 2. The quantitative estimate of drug-likeness (QED) is 0.618. The fourth-order valence-electron chi connectivity index (χ4n) is 2.60. The first-order valence-corrected chi connectivity index (χ1v) is 9.00. The van der Waals surface area contributed by atoms with E-state index >= 15 is 0 Å². The summed E-state index contributed by atoms with van der Waals surface area (Å²) in [7, 11) is 1.58. The molecule has 2 aromatic carbocycles. The zero-order valence-corrected chi connectivity index (χ0v) is 16.2. The maximum absolute atomic E-state index is 12.6. The lowest BCUT2D eigenvalue weighted by Gasteiger charge is -2.10. The molecule has 6 heteroatoms. The summed E-state index contributed by atoms with van der Waals surface area (Å²) in [5, 5.41) is 5.64. The molecular formula is C23H21N3O3. The summed E-state index contributed by atoms with van der Waals surface area (Å²) in [4.78, 5) is 28.8. The lowest BCUT2D eigenvalue weighted by Crippen LogP contribution is -2.14. The minimum absolute atomic E-state index is 0.267. The van der Waals surface area contributed by atoms with Gasteiger partial charge in [-0.05, 0) is 66.6 Å². The fraction of sp³-hybridized carbons (Fsp3) is 0.0870. The second-order valence-corrected chi connectivity index (χ2v) is 6.32. The van der Waals surface area contributed by atoms with Crippen LogP contribution < -0.4 is 15.4 Å². The Morgan fingerprint density at radius 3 is 2.52 bits per heavy atom. The van der Waals surface area contributed by atoms with Crippen LogP contribution in [-0.4, -0.2) is 23.9 Å². The van der Waals surface area contributed by atoms with E-state index in [1.165, 1.54) is 6.08 Å². The van der Waals surface area contributed by atoms with Gasteiger partial charge in [0.25, 0.3) is 5.91 Å². The van der Waals surface area contributed by atoms with Gasteiger partial charge in [-0.25, -0.2) is 0 Å². The number of hydrogen-bond acceptors (Lipinski definition) is 4. The highest BCUT2D eigenvalue weighted by atomic mass is 16.5. The Bertz CT molecular complexity index is 1030. The summed E-state index contributed by atoms with van der Waals surface area (Å²) in [5.74, 6) is 0.156. The molecule has 6 nitrogen and oxygen atoms in total. The summed E-state index contributed by atoms with van der Waals surface area (Å²) >= 11 is 0. The van der Waals surface area contributed by atoms with Crippen LogP contribution >= 0.6 is 0 Å². The number of methoxy groups -OCH3 is 1. The lowest BCUT2D eigenvalue weighted by atomic mass is 10.1. The number of nitrogens with zero attached hydrogens (tertiary/aromatic N) is 1. The number of amides is 2. The number of pyridine rings is 1. The topological polar surface area (TPSA) is 80.3 Å². The van der Waals surface area contributed by atoms with Crippen LogP contribution in [0.25, 0.3) is 6.08 Å². The molecule has 0 saturated carbocycles. The first kappa shape index (κ1) is 19.8. The van der Waals surface area contributed by atoms with Crippen LogP contribution in [0.15, 0.2) is 73.1 Å². The van der Waals surface area contributed by atoms with Gasteiger partial charge in [-0.2, -0.15) is 0 Å². The van der Waals surface area contributed by atoms with E-state index in [2.05, 4.69) is 15.6 Å². The molecule has 0 atom stereocenters. The number of benzene rings is 2. The highest BCUT2D eigenvalue weighted by Gasteiger charge is 2.10. The molecule has 2 N–H and O–H groups in total. The third-order valence-electron chi connectivity index (χ3n) is 4.22. The average molecular weight is 387 g/mol. The number of carbonyl (C=O) groups is 2. The number of nitrogens with one attached hydrogen (secondary N) is 2. The van der Waals surface area contributed by atoms with Gasteiger partial charge in [-0.1, -0.05) is 12.1 Å². The second kappa shape index (κ2) is 9.32. The van der Waals surface area contributed by atoms with E-state index in [9.17, 15) is 9.59 Å².